The van der Waals surface area contributed by atoms with Gasteiger partial charge in [0, 0.05) is 25.8 Å². The maximum absolute atomic E-state index is 12.0. The summed E-state index contributed by atoms with van der Waals surface area (Å²) in [5.74, 6) is 0.0930. The molecule has 100 valence electrons. The molecule has 0 spiro atoms. The van der Waals surface area contributed by atoms with Gasteiger partial charge in [-0.3, -0.25) is 4.79 Å². The average Bonchev–Trinajstić information content (AvgIpc) is 2.30. The predicted molar refractivity (Wildman–Crippen MR) is 77.1 cm³/mol. The van der Waals surface area contributed by atoms with Crippen LogP contribution in [-0.2, 0) is 4.79 Å². The molecule has 1 rings (SSSR count). The summed E-state index contributed by atoms with van der Waals surface area (Å²) in [7, 11) is 1.85. The molecule has 0 fully saturated rings. The zero-order valence-electron chi connectivity index (χ0n) is 11.1. The Balaban J connectivity index is 2.76. The number of carbonyl (C=O) groups is 1. The summed E-state index contributed by atoms with van der Waals surface area (Å²) < 4.78 is 0. The van der Waals surface area contributed by atoms with Crippen molar-refractivity contribution in [3.05, 3.63) is 23.2 Å². The molecule has 1 amide bonds. The lowest BCUT2D eigenvalue weighted by molar-refractivity contribution is -0.129. The first-order chi connectivity index (χ1) is 8.49. The third kappa shape index (κ3) is 3.53. The fraction of sp³-hybridized carbons (Fsp3) is 0.462. The number of hydrogen-bond acceptors (Lipinski definition) is 3. The summed E-state index contributed by atoms with van der Waals surface area (Å²) in [6, 6.07) is 5.29. The van der Waals surface area contributed by atoms with Crippen LogP contribution in [0.4, 0.5) is 11.4 Å². The zero-order valence-corrected chi connectivity index (χ0v) is 11.9. The van der Waals surface area contributed by atoms with Crippen molar-refractivity contribution in [2.45, 2.75) is 13.8 Å². The molecule has 0 bridgehead atoms. The van der Waals surface area contributed by atoms with Crippen LogP contribution in [0.15, 0.2) is 18.2 Å². The summed E-state index contributed by atoms with van der Waals surface area (Å²) in [6.45, 7) is 5.69. The van der Waals surface area contributed by atoms with Gasteiger partial charge in [-0.2, -0.15) is 0 Å². The van der Waals surface area contributed by atoms with Crippen molar-refractivity contribution >= 4 is 28.9 Å². The molecule has 0 unspecified atom stereocenters. The van der Waals surface area contributed by atoms with Crippen LogP contribution in [0.1, 0.15) is 13.8 Å². The number of nitrogen functional groups attached to an aromatic ring is 1. The number of rotatable bonds is 5. The highest BCUT2D eigenvalue weighted by molar-refractivity contribution is 6.33. The third-order valence-electron chi connectivity index (χ3n) is 2.87. The van der Waals surface area contributed by atoms with Crippen molar-refractivity contribution < 1.29 is 4.79 Å². The molecule has 0 aliphatic rings. The van der Waals surface area contributed by atoms with Crippen LogP contribution in [-0.4, -0.2) is 37.5 Å². The largest absolute Gasteiger partial charge is 0.399 e. The van der Waals surface area contributed by atoms with Gasteiger partial charge in [-0.25, -0.2) is 0 Å². The second kappa shape index (κ2) is 6.50. The number of likely N-dealkylation sites (N-methyl/N-ethyl adjacent to an activating group) is 2. The molecule has 0 atom stereocenters. The summed E-state index contributed by atoms with van der Waals surface area (Å²) in [5, 5.41) is 0.560. The fourth-order valence-electron chi connectivity index (χ4n) is 1.80. The van der Waals surface area contributed by atoms with Crippen molar-refractivity contribution in [1.82, 2.24) is 4.90 Å². The first-order valence-electron chi connectivity index (χ1n) is 6.03. The van der Waals surface area contributed by atoms with Crippen LogP contribution in [0.3, 0.4) is 0 Å². The van der Waals surface area contributed by atoms with Crippen LogP contribution >= 0.6 is 11.6 Å². The number of amides is 1. The van der Waals surface area contributed by atoms with Crippen LogP contribution in [0.2, 0.25) is 5.02 Å². The monoisotopic (exact) mass is 269 g/mol. The number of halogens is 1. The van der Waals surface area contributed by atoms with Gasteiger partial charge in [0.15, 0.2) is 0 Å². The number of carbonyl (C=O) groups excluding carboxylic acids is 1. The zero-order chi connectivity index (χ0) is 13.7. The van der Waals surface area contributed by atoms with Gasteiger partial charge in [-0.1, -0.05) is 11.6 Å². The Kier molecular flexibility index (Phi) is 5.28. The molecule has 0 radical (unpaired) electrons. The maximum Gasteiger partial charge on any atom is 0.242 e. The minimum absolute atomic E-state index is 0.0930. The summed E-state index contributed by atoms with van der Waals surface area (Å²) in [6.07, 6.45) is 0. The molecular weight excluding hydrogens is 250 g/mol. The molecule has 0 aliphatic heterocycles. The Labute approximate surface area is 113 Å². The molecular formula is C13H20ClN3O. The van der Waals surface area contributed by atoms with Crippen LogP contribution in [0, 0.1) is 0 Å². The van der Waals surface area contributed by atoms with Crippen molar-refractivity contribution in [2.24, 2.45) is 0 Å². The summed E-state index contributed by atoms with van der Waals surface area (Å²) in [4.78, 5) is 15.6. The molecule has 0 saturated carbocycles. The van der Waals surface area contributed by atoms with E-state index in [9.17, 15) is 4.79 Å². The van der Waals surface area contributed by atoms with Gasteiger partial charge in [0.25, 0.3) is 0 Å². The Hall–Kier alpha value is -1.42. The molecule has 2 N–H and O–H groups in total. The van der Waals surface area contributed by atoms with Gasteiger partial charge in [0.05, 0.1) is 17.3 Å². The van der Waals surface area contributed by atoms with E-state index in [0.717, 1.165) is 18.8 Å². The van der Waals surface area contributed by atoms with Crippen molar-refractivity contribution in [3.63, 3.8) is 0 Å². The number of nitrogens with zero attached hydrogens (tertiary/aromatic N) is 2. The SMILES string of the molecule is CCN(CC)C(=O)CN(C)c1ccc(N)cc1Cl. The first kappa shape index (κ1) is 14.6. The van der Waals surface area contributed by atoms with Gasteiger partial charge >= 0.3 is 0 Å². The number of nitrogens with two attached hydrogens (primary N) is 1. The third-order valence-corrected chi connectivity index (χ3v) is 3.17. The van der Waals surface area contributed by atoms with Crippen molar-refractivity contribution in [2.75, 3.05) is 37.3 Å². The lowest BCUT2D eigenvalue weighted by Gasteiger charge is -2.25. The van der Waals surface area contributed by atoms with Gasteiger partial charge in [-0.05, 0) is 32.0 Å². The highest BCUT2D eigenvalue weighted by atomic mass is 35.5. The molecule has 0 aliphatic carbocycles. The topological polar surface area (TPSA) is 49.6 Å². The van der Waals surface area contributed by atoms with E-state index in [4.69, 9.17) is 17.3 Å². The predicted octanol–water partition coefficient (Wildman–Crippen LogP) is 2.23. The van der Waals surface area contributed by atoms with Crippen molar-refractivity contribution in [3.8, 4) is 0 Å². The summed E-state index contributed by atoms with van der Waals surface area (Å²) in [5.41, 5.74) is 7.07. The van der Waals surface area contributed by atoms with Crippen LogP contribution in [0.5, 0.6) is 0 Å². The highest BCUT2D eigenvalue weighted by Gasteiger charge is 2.14. The molecule has 5 heteroatoms. The van der Waals surface area contributed by atoms with E-state index in [1.165, 1.54) is 0 Å². The number of anilines is 2. The lowest BCUT2D eigenvalue weighted by atomic mass is 10.2. The first-order valence-corrected chi connectivity index (χ1v) is 6.41. The number of hydrogen-bond donors (Lipinski definition) is 1. The average molecular weight is 270 g/mol. The van der Waals surface area contributed by atoms with E-state index in [0.29, 0.717) is 17.3 Å². The molecule has 0 saturated heterocycles. The second-order valence-corrected chi connectivity index (χ2v) is 4.54. The molecule has 1 aromatic carbocycles. The molecule has 0 aromatic heterocycles. The fourth-order valence-corrected chi connectivity index (χ4v) is 2.13. The van der Waals surface area contributed by atoms with Crippen LogP contribution in [0.25, 0.3) is 0 Å². The van der Waals surface area contributed by atoms with Crippen molar-refractivity contribution in [1.29, 1.82) is 0 Å². The minimum Gasteiger partial charge on any atom is -0.399 e. The van der Waals surface area contributed by atoms with Gasteiger partial charge in [0.1, 0.15) is 0 Å². The minimum atomic E-state index is 0.0930. The van der Waals surface area contributed by atoms with Gasteiger partial charge < -0.3 is 15.5 Å². The van der Waals surface area contributed by atoms with E-state index in [1.807, 2.05) is 31.9 Å². The van der Waals surface area contributed by atoms with E-state index < -0.39 is 0 Å². The lowest BCUT2D eigenvalue weighted by Crippen LogP contribution is -2.38. The molecule has 1 aromatic rings. The van der Waals surface area contributed by atoms with Crippen LogP contribution < -0.4 is 10.6 Å². The Morgan fingerprint density at radius 2 is 1.94 bits per heavy atom. The quantitative estimate of drug-likeness (QED) is 0.834. The van der Waals surface area contributed by atoms with E-state index >= 15 is 0 Å². The maximum atomic E-state index is 12.0. The normalized spacial score (nSPS) is 10.2. The molecule has 18 heavy (non-hydrogen) atoms. The van der Waals surface area contributed by atoms with E-state index in [2.05, 4.69) is 0 Å². The van der Waals surface area contributed by atoms with E-state index in [1.54, 1.807) is 17.0 Å². The van der Waals surface area contributed by atoms with E-state index in [-0.39, 0.29) is 5.91 Å². The highest BCUT2D eigenvalue weighted by Crippen LogP contribution is 2.26. The summed E-state index contributed by atoms with van der Waals surface area (Å²) >= 11 is 6.11. The van der Waals surface area contributed by atoms with Gasteiger partial charge in [0.2, 0.25) is 5.91 Å². The Bertz CT molecular complexity index is 419. The molecule has 4 nitrogen and oxygen atoms in total. The van der Waals surface area contributed by atoms with Gasteiger partial charge in [-0.15, -0.1) is 0 Å². The molecule has 0 heterocycles. The Morgan fingerprint density at radius 1 is 1.33 bits per heavy atom. The standard InChI is InChI=1S/C13H20ClN3O/c1-4-17(5-2)13(18)9-16(3)12-7-6-10(15)8-11(12)14/h6-8H,4-5,9,15H2,1-3H3. The smallest absolute Gasteiger partial charge is 0.242 e. The second-order valence-electron chi connectivity index (χ2n) is 4.13. The number of benzene rings is 1. The Morgan fingerprint density at radius 3 is 2.44 bits per heavy atom.